The van der Waals surface area contributed by atoms with E-state index in [2.05, 4.69) is 10.0 Å². The first-order valence-electron chi connectivity index (χ1n) is 6.23. The van der Waals surface area contributed by atoms with Crippen molar-refractivity contribution < 1.29 is 13.5 Å². The number of benzene rings is 1. The second kappa shape index (κ2) is 5.79. The van der Waals surface area contributed by atoms with E-state index in [9.17, 15) is 13.5 Å². The van der Waals surface area contributed by atoms with Crippen molar-refractivity contribution >= 4 is 21.4 Å². The van der Waals surface area contributed by atoms with E-state index < -0.39 is 15.6 Å². The lowest BCUT2D eigenvalue weighted by Gasteiger charge is -2.27. The van der Waals surface area contributed by atoms with Gasteiger partial charge in [-0.2, -0.15) is 0 Å². The van der Waals surface area contributed by atoms with Crippen molar-refractivity contribution in [1.82, 2.24) is 0 Å². The van der Waals surface area contributed by atoms with Gasteiger partial charge in [0.25, 0.3) is 0 Å². The van der Waals surface area contributed by atoms with Gasteiger partial charge in [0, 0.05) is 11.4 Å². The molecule has 0 spiro atoms. The van der Waals surface area contributed by atoms with Crippen LogP contribution in [-0.4, -0.2) is 30.9 Å². The number of rotatable bonds is 6. The van der Waals surface area contributed by atoms with Gasteiger partial charge in [-0.05, 0) is 52.0 Å². The summed E-state index contributed by atoms with van der Waals surface area (Å²) in [6.07, 6.45) is 0. The lowest BCUT2D eigenvalue weighted by molar-refractivity contribution is 0.0649. The van der Waals surface area contributed by atoms with Crippen LogP contribution in [0, 0.1) is 0 Å². The molecule has 0 amide bonds. The van der Waals surface area contributed by atoms with Gasteiger partial charge in [0.1, 0.15) is 0 Å². The monoisotopic (exact) mass is 286 g/mol. The molecule has 5 nitrogen and oxygen atoms in total. The third-order valence-electron chi connectivity index (χ3n) is 2.98. The van der Waals surface area contributed by atoms with Gasteiger partial charge < -0.3 is 10.4 Å². The van der Waals surface area contributed by atoms with Gasteiger partial charge in [-0.15, -0.1) is 0 Å². The molecule has 0 aliphatic carbocycles. The molecule has 0 bridgehead atoms. The highest BCUT2D eigenvalue weighted by Crippen LogP contribution is 2.18. The van der Waals surface area contributed by atoms with Gasteiger partial charge in [0.2, 0.25) is 10.0 Å². The van der Waals surface area contributed by atoms with Crippen LogP contribution in [-0.2, 0) is 10.0 Å². The van der Waals surface area contributed by atoms with Gasteiger partial charge in [-0.25, -0.2) is 8.42 Å². The molecule has 1 aromatic carbocycles. The fourth-order valence-corrected chi connectivity index (χ4v) is 1.95. The molecule has 108 valence electrons. The summed E-state index contributed by atoms with van der Waals surface area (Å²) in [4.78, 5) is 0. The second-order valence-electron chi connectivity index (χ2n) is 5.10. The van der Waals surface area contributed by atoms with Crippen molar-refractivity contribution in [2.75, 3.05) is 15.8 Å². The Morgan fingerprint density at radius 2 is 1.68 bits per heavy atom. The van der Waals surface area contributed by atoms with E-state index in [0.29, 0.717) is 5.69 Å². The third-order valence-corrected chi connectivity index (χ3v) is 4.29. The molecule has 6 heteroatoms. The Bertz CT molecular complexity index is 504. The summed E-state index contributed by atoms with van der Waals surface area (Å²) in [5.41, 5.74) is 0.528. The van der Waals surface area contributed by atoms with Crippen molar-refractivity contribution in [3.63, 3.8) is 0 Å². The standard InChI is InChI=1S/C13H22N2O3S/c1-5-19(17,18)15-12-8-6-11(7-9-12)14-10(2)13(3,4)16/h6-10,14-16H,5H2,1-4H3. The van der Waals surface area contributed by atoms with E-state index >= 15 is 0 Å². The van der Waals surface area contributed by atoms with Gasteiger partial charge in [0.15, 0.2) is 0 Å². The molecule has 1 atom stereocenters. The van der Waals surface area contributed by atoms with Crippen LogP contribution in [0.15, 0.2) is 24.3 Å². The van der Waals surface area contributed by atoms with Crippen LogP contribution in [0.5, 0.6) is 0 Å². The number of nitrogens with one attached hydrogen (secondary N) is 2. The van der Waals surface area contributed by atoms with E-state index in [4.69, 9.17) is 0 Å². The molecular formula is C13H22N2O3S. The molecule has 3 N–H and O–H groups in total. The van der Waals surface area contributed by atoms with Crippen molar-refractivity contribution in [2.45, 2.75) is 39.3 Å². The van der Waals surface area contributed by atoms with Crippen LogP contribution in [0.25, 0.3) is 0 Å². The summed E-state index contributed by atoms with van der Waals surface area (Å²) in [6, 6.07) is 6.80. The predicted molar refractivity (Wildman–Crippen MR) is 78.9 cm³/mol. The quantitative estimate of drug-likeness (QED) is 0.747. The maximum atomic E-state index is 11.4. The molecule has 19 heavy (non-hydrogen) atoms. The normalized spacial score (nSPS) is 13.9. The number of anilines is 2. The molecule has 0 aromatic heterocycles. The van der Waals surface area contributed by atoms with Crippen molar-refractivity contribution in [2.24, 2.45) is 0 Å². The molecule has 0 radical (unpaired) electrons. The fraction of sp³-hybridized carbons (Fsp3) is 0.538. The minimum absolute atomic E-state index is 0.0444. The summed E-state index contributed by atoms with van der Waals surface area (Å²) < 4.78 is 25.3. The lowest BCUT2D eigenvalue weighted by atomic mass is 10.0. The number of hydrogen-bond donors (Lipinski definition) is 3. The summed E-state index contributed by atoms with van der Waals surface area (Å²) >= 11 is 0. The van der Waals surface area contributed by atoms with Crippen molar-refractivity contribution in [3.05, 3.63) is 24.3 Å². The Morgan fingerprint density at radius 3 is 2.11 bits per heavy atom. The first-order chi connectivity index (χ1) is 8.64. The van der Waals surface area contributed by atoms with Gasteiger partial charge in [-0.3, -0.25) is 4.72 Å². The highest BCUT2D eigenvalue weighted by atomic mass is 32.2. The van der Waals surface area contributed by atoms with Crippen molar-refractivity contribution in [3.8, 4) is 0 Å². The van der Waals surface area contributed by atoms with Crippen LogP contribution in [0.1, 0.15) is 27.7 Å². The van der Waals surface area contributed by atoms with E-state index in [1.54, 1.807) is 45.0 Å². The molecule has 0 saturated carbocycles. The zero-order valence-corrected chi connectivity index (χ0v) is 12.6. The summed E-state index contributed by atoms with van der Waals surface area (Å²) in [7, 11) is -3.24. The molecule has 0 fully saturated rings. The number of aliphatic hydroxyl groups is 1. The second-order valence-corrected chi connectivity index (χ2v) is 7.11. The SMILES string of the molecule is CCS(=O)(=O)Nc1ccc(NC(C)C(C)(C)O)cc1. The van der Waals surface area contributed by atoms with Crippen molar-refractivity contribution in [1.29, 1.82) is 0 Å². The summed E-state index contributed by atoms with van der Waals surface area (Å²) in [6.45, 7) is 6.93. The Morgan fingerprint density at radius 1 is 1.21 bits per heavy atom. The zero-order valence-electron chi connectivity index (χ0n) is 11.8. The number of sulfonamides is 1. The highest BCUT2D eigenvalue weighted by molar-refractivity contribution is 7.92. The largest absolute Gasteiger partial charge is 0.388 e. The van der Waals surface area contributed by atoms with E-state index in [0.717, 1.165) is 5.69 Å². The molecule has 0 aliphatic rings. The zero-order chi connectivity index (χ0) is 14.7. The smallest absolute Gasteiger partial charge is 0.232 e. The molecule has 0 saturated heterocycles. The molecular weight excluding hydrogens is 264 g/mol. The first-order valence-corrected chi connectivity index (χ1v) is 7.89. The van der Waals surface area contributed by atoms with Crippen LogP contribution >= 0.6 is 0 Å². The summed E-state index contributed by atoms with van der Waals surface area (Å²) in [5, 5.41) is 13.0. The Kier molecular flexibility index (Phi) is 4.81. The Balaban J connectivity index is 2.72. The van der Waals surface area contributed by atoms with Crippen LogP contribution in [0.4, 0.5) is 11.4 Å². The average Bonchev–Trinajstić information content (AvgIpc) is 2.30. The van der Waals surface area contributed by atoms with Crippen LogP contribution in [0.2, 0.25) is 0 Å². The maximum absolute atomic E-state index is 11.4. The fourth-order valence-electron chi connectivity index (χ4n) is 1.31. The Labute approximate surface area is 115 Å². The van der Waals surface area contributed by atoms with E-state index in [1.165, 1.54) is 0 Å². The van der Waals surface area contributed by atoms with Crippen LogP contribution in [0.3, 0.4) is 0 Å². The minimum Gasteiger partial charge on any atom is -0.388 e. The molecule has 1 rings (SSSR count). The molecule has 1 aromatic rings. The highest BCUT2D eigenvalue weighted by Gasteiger charge is 2.21. The Hall–Kier alpha value is -1.27. The van der Waals surface area contributed by atoms with Gasteiger partial charge >= 0.3 is 0 Å². The summed E-state index contributed by atoms with van der Waals surface area (Å²) in [5.74, 6) is 0.0444. The first kappa shape index (κ1) is 15.8. The average molecular weight is 286 g/mol. The molecule has 1 unspecified atom stereocenters. The predicted octanol–water partition coefficient (Wildman–Crippen LogP) is 2.02. The topological polar surface area (TPSA) is 78.4 Å². The van der Waals surface area contributed by atoms with Gasteiger partial charge in [0.05, 0.1) is 17.4 Å². The number of hydrogen-bond acceptors (Lipinski definition) is 4. The lowest BCUT2D eigenvalue weighted by Crippen LogP contribution is -2.39. The minimum atomic E-state index is -3.24. The third kappa shape index (κ3) is 5.08. The van der Waals surface area contributed by atoms with E-state index in [-0.39, 0.29) is 11.8 Å². The van der Waals surface area contributed by atoms with Crippen LogP contribution < -0.4 is 10.0 Å². The maximum Gasteiger partial charge on any atom is 0.232 e. The van der Waals surface area contributed by atoms with E-state index in [1.807, 2.05) is 6.92 Å². The van der Waals surface area contributed by atoms with Gasteiger partial charge in [-0.1, -0.05) is 0 Å². The molecule has 0 aliphatic heterocycles. The molecule has 0 heterocycles.